The fourth-order valence-electron chi connectivity index (χ4n) is 4.60. The van der Waals surface area contributed by atoms with E-state index >= 15 is 0 Å². The highest BCUT2D eigenvalue weighted by Gasteiger charge is 2.37. The number of fused-ring (bicyclic) bond motifs is 1. The average molecular weight is 555 g/mol. The lowest BCUT2D eigenvalue weighted by atomic mass is 9.95. The average Bonchev–Trinajstić information content (AvgIpc) is 3.48. The number of hydrogen-bond donors (Lipinski definition) is 1. The Labute approximate surface area is 228 Å². The Morgan fingerprint density at radius 2 is 2.05 bits per heavy atom. The Kier molecular flexibility index (Phi) is 7.99. The Balaban J connectivity index is 1.67. The Morgan fingerprint density at radius 1 is 1.28 bits per heavy atom. The molecule has 0 saturated carbocycles. The molecule has 2 aromatic heterocycles. The minimum absolute atomic E-state index is 0.00956. The van der Waals surface area contributed by atoms with Gasteiger partial charge in [-0.1, -0.05) is 0 Å². The molecule has 4 rings (SSSR count). The van der Waals surface area contributed by atoms with Gasteiger partial charge in [-0.05, 0) is 51.0 Å². The summed E-state index contributed by atoms with van der Waals surface area (Å²) in [6.45, 7) is 6.23. The second kappa shape index (κ2) is 11.1. The van der Waals surface area contributed by atoms with Crippen molar-refractivity contribution in [3.05, 3.63) is 60.1 Å². The summed E-state index contributed by atoms with van der Waals surface area (Å²) >= 11 is 0. The molecule has 0 spiro atoms. The van der Waals surface area contributed by atoms with Crippen molar-refractivity contribution in [2.24, 2.45) is 14.1 Å². The molecule has 13 heteroatoms. The number of aryl methyl sites for hydroxylation is 2. The van der Waals surface area contributed by atoms with E-state index in [0.717, 1.165) is 16.9 Å². The second-order valence-electron chi connectivity index (χ2n) is 10.6. The summed E-state index contributed by atoms with van der Waals surface area (Å²) in [5.74, 6) is 0. The summed E-state index contributed by atoms with van der Waals surface area (Å²) in [5.41, 5.74) is 2.58. The summed E-state index contributed by atoms with van der Waals surface area (Å²) in [5, 5.41) is 12.1. The van der Waals surface area contributed by atoms with E-state index in [4.69, 9.17) is 4.74 Å². The number of rotatable bonds is 8. The number of anilines is 1. The molecular weight excluding hydrogens is 520 g/mol. The van der Waals surface area contributed by atoms with Crippen LogP contribution in [0.15, 0.2) is 48.3 Å². The quantitative estimate of drug-likeness (QED) is 0.447. The first kappa shape index (κ1) is 28.1. The van der Waals surface area contributed by atoms with Gasteiger partial charge in [0.25, 0.3) is 10.0 Å². The van der Waals surface area contributed by atoms with E-state index in [1.54, 1.807) is 51.0 Å². The number of imidazole rings is 2. The predicted octanol–water partition coefficient (Wildman–Crippen LogP) is 2.17. The summed E-state index contributed by atoms with van der Waals surface area (Å²) in [4.78, 5) is 22.7. The Morgan fingerprint density at radius 3 is 2.67 bits per heavy atom. The van der Waals surface area contributed by atoms with Crippen molar-refractivity contribution in [3.63, 3.8) is 0 Å². The van der Waals surface area contributed by atoms with E-state index in [1.807, 2.05) is 23.7 Å². The van der Waals surface area contributed by atoms with E-state index < -0.39 is 27.8 Å². The third kappa shape index (κ3) is 6.58. The van der Waals surface area contributed by atoms with E-state index in [0.29, 0.717) is 25.1 Å². The van der Waals surface area contributed by atoms with Crippen LogP contribution in [0.4, 0.5) is 10.5 Å². The molecule has 39 heavy (non-hydrogen) atoms. The van der Waals surface area contributed by atoms with Gasteiger partial charge in [-0.3, -0.25) is 0 Å². The van der Waals surface area contributed by atoms with Crippen LogP contribution in [0.2, 0.25) is 0 Å². The zero-order valence-electron chi connectivity index (χ0n) is 22.8. The first-order chi connectivity index (χ1) is 18.4. The van der Waals surface area contributed by atoms with Crippen LogP contribution in [0.1, 0.15) is 37.6 Å². The van der Waals surface area contributed by atoms with E-state index in [9.17, 15) is 18.5 Å². The zero-order chi connectivity index (χ0) is 28.4. The van der Waals surface area contributed by atoms with Crippen LogP contribution >= 0.6 is 0 Å². The van der Waals surface area contributed by atoms with Gasteiger partial charge in [0.2, 0.25) is 0 Å². The summed E-state index contributed by atoms with van der Waals surface area (Å²) in [6, 6.07) is 7.16. The van der Waals surface area contributed by atoms with Gasteiger partial charge in [-0.2, -0.15) is 9.57 Å². The fourth-order valence-corrected chi connectivity index (χ4v) is 6.18. The molecule has 0 bridgehead atoms. The highest BCUT2D eigenvalue weighted by molar-refractivity contribution is 7.89. The first-order valence-corrected chi connectivity index (χ1v) is 14.0. The standard InChI is InChI=1S/C26H34N8O4S/c1-26(2,3)38-25(35)29-8-9-34(39(36,37)24-16-31(4)18-30-24)21-11-20-10-19(12-27)6-7-23(20)33(14-21)15-22-13-28-17-32(22)5/h6-7,10,13,16-18,21H,8-9,11,14-15H2,1-5H3,(H,29,35). The summed E-state index contributed by atoms with van der Waals surface area (Å²) in [7, 11) is -0.414. The van der Waals surface area contributed by atoms with Crippen LogP contribution in [-0.4, -0.2) is 69.2 Å². The molecule has 1 aliphatic rings. The maximum Gasteiger partial charge on any atom is 0.407 e. The van der Waals surface area contributed by atoms with Gasteiger partial charge in [-0.25, -0.2) is 23.2 Å². The largest absolute Gasteiger partial charge is 0.444 e. The van der Waals surface area contributed by atoms with Crippen LogP contribution in [0, 0.1) is 11.3 Å². The Hall–Kier alpha value is -3.89. The molecule has 0 saturated heterocycles. The number of amides is 1. The second-order valence-corrected chi connectivity index (χ2v) is 12.4. The number of alkyl carbamates (subject to hydrolysis) is 1. The summed E-state index contributed by atoms with van der Waals surface area (Å²) in [6.07, 6.45) is 6.17. The molecule has 0 aliphatic carbocycles. The monoisotopic (exact) mass is 554 g/mol. The van der Waals surface area contributed by atoms with Gasteiger partial charge < -0.3 is 24.1 Å². The maximum absolute atomic E-state index is 13.9. The zero-order valence-corrected chi connectivity index (χ0v) is 23.6. The topological polar surface area (TPSA) is 138 Å². The number of sulfonamides is 1. The Bertz CT molecular complexity index is 1480. The van der Waals surface area contributed by atoms with Crippen LogP contribution in [0.25, 0.3) is 0 Å². The fraction of sp³-hybridized carbons (Fsp3) is 0.462. The van der Waals surface area contributed by atoms with Crippen molar-refractivity contribution in [1.29, 1.82) is 5.26 Å². The molecule has 1 aliphatic heterocycles. The number of nitrogens with one attached hydrogen (secondary N) is 1. The van der Waals surface area contributed by atoms with Crippen LogP contribution in [-0.2, 0) is 41.8 Å². The van der Waals surface area contributed by atoms with Crippen LogP contribution in [0.3, 0.4) is 0 Å². The third-order valence-corrected chi connectivity index (χ3v) is 8.20. The number of hydrogen-bond acceptors (Lipinski definition) is 8. The number of ether oxygens (including phenoxy) is 1. The van der Waals surface area contributed by atoms with Gasteiger partial charge in [-0.15, -0.1) is 0 Å². The van der Waals surface area contributed by atoms with Gasteiger partial charge in [0.05, 0.1) is 36.5 Å². The van der Waals surface area contributed by atoms with E-state index in [-0.39, 0.29) is 18.1 Å². The lowest BCUT2D eigenvalue weighted by molar-refractivity contribution is 0.0524. The van der Waals surface area contributed by atoms with Gasteiger partial charge in [0, 0.05) is 57.9 Å². The number of aromatic nitrogens is 4. The number of benzene rings is 1. The highest BCUT2D eigenvalue weighted by atomic mass is 32.2. The number of nitriles is 1. The van der Waals surface area contributed by atoms with Gasteiger partial charge in [0.1, 0.15) is 5.60 Å². The molecule has 0 fully saturated rings. The first-order valence-electron chi connectivity index (χ1n) is 12.6. The van der Waals surface area contributed by atoms with Crippen molar-refractivity contribution in [3.8, 4) is 6.07 Å². The molecule has 1 aromatic carbocycles. The predicted molar refractivity (Wildman–Crippen MR) is 144 cm³/mol. The van der Waals surface area contributed by atoms with E-state index in [2.05, 4.69) is 26.3 Å². The van der Waals surface area contributed by atoms with Crippen molar-refractivity contribution in [2.75, 3.05) is 24.5 Å². The lowest BCUT2D eigenvalue weighted by Gasteiger charge is -2.40. The number of nitrogens with zero attached hydrogens (tertiary/aromatic N) is 7. The molecule has 1 amide bonds. The normalized spacial score (nSPS) is 15.6. The molecule has 3 heterocycles. The van der Waals surface area contributed by atoms with Gasteiger partial charge >= 0.3 is 6.09 Å². The summed E-state index contributed by atoms with van der Waals surface area (Å²) < 4.78 is 38.0. The SMILES string of the molecule is Cn1cnc(S(=O)(=O)N(CCNC(=O)OC(C)(C)C)C2Cc3cc(C#N)ccc3N(Cc3cncn3C)C2)c1. The van der Waals surface area contributed by atoms with Gasteiger partial charge in [0.15, 0.2) is 5.03 Å². The van der Waals surface area contributed by atoms with Crippen molar-refractivity contribution in [1.82, 2.24) is 28.7 Å². The molecule has 208 valence electrons. The molecule has 1 N–H and O–H groups in total. The minimum Gasteiger partial charge on any atom is -0.444 e. The van der Waals surface area contributed by atoms with Crippen molar-refractivity contribution >= 4 is 21.8 Å². The minimum atomic E-state index is -4.02. The number of carbonyl (C=O) groups excluding carboxylic acids is 1. The third-order valence-electron chi connectivity index (χ3n) is 6.37. The molecule has 12 nitrogen and oxygen atoms in total. The van der Waals surface area contributed by atoms with E-state index in [1.165, 1.54) is 16.8 Å². The molecule has 1 unspecified atom stereocenters. The van der Waals surface area contributed by atoms with Crippen molar-refractivity contribution < 1.29 is 17.9 Å². The molecule has 0 radical (unpaired) electrons. The highest BCUT2D eigenvalue weighted by Crippen LogP contribution is 2.33. The number of carbonyl (C=O) groups is 1. The molecule has 3 aromatic rings. The lowest BCUT2D eigenvalue weighted by Crippen LogP contribution is -2.52. The van der Waals surface area contributed by atoms with Crippen molar-refractivity contribution in [2.45, 2.75) is 50.4 Å². The molecule has 1 atom stereocenters. The van der Waals surface area contributed by atoms with Crippen LogP contribution < -0.4 is 10.2 Å². The smallest absolute Gasteiger partial charge is 0.407 e. The maximum atomic E-state index is 13.9. The van der Waals surface area contributed by atoms with Crippen LogP contribution in [0.5, 0.6) is 0 Å². The molecular formula is C26H34N8O4S.